The first-order valence-corrected chi connectivity index (χ1v) is 18.6. The molecule has 1 aliphatic heterocycles. The van der Waals surface area contributed by atoms with Gasteiger partial charge in [-0.05, 0) is 59.9 Å². The van der Waals surface area contributed by atoms with Crippen molar-refractivity contribution in [3.63, 3.8) is 0 Å². The Balaban J connectivity index is 1.26. The van der Waals surface area contributed by atoms with Gasteiger partial charge in [-0.2, -0.15) is 0 Å². The number of aliphatic hydroxyl groups is 1. The molecule has 3 heterocycles. The van der Waals surface area contributed by atoms with Crippen LogP contribution >= 0.6 is 22.9 Å². The maximum atomic E-state index is 11.7. The second-order valence-electron chi connectivity index (χ2n) is 13.5. The lowest BCUT2D eigenvalue weighted by atomic mass is 9.84. The van der Waals surface area contributed by atoms with E-state index in [-0.39, 0.29) is 0 Å². The van der Waals surface area contributed by atoms with Crippen LogP contribution in [0.2, 0.25) is 5.02 Å². The summed E-state index contributed by atoms with van der Waals surface area (Å²) < 4.78 is 33.0. The van der Waals surface area contributed by atoms with E-state index in [0.29, 0.717) is 31.3 Å². The normalized spacial score (nSPS) is 20.6. The molecule has 5 unspecified atom stereocenters. The van der Waals surface area contributed by atoms with Gasteiger partial charge >= 0.3 is 0 Å². The lowest BCUT2D eigenvalue weighted by molar-refractivity contribution is -0.294. The fraction of sp³-hybridized carbons (Fsp3) is 0.279. The molecule has 0 saturated carbocycles. The Hall–Kier alpha value is -4.12. The minimum Gasteiger partial charge on any atom is -0.463 e. The van der Waals surface area contributed by atoms with E-state index in [2.05, 4.69) is 11.1 Å². The first-order chi connectivity index (χ1) is 25.3. The fourth-order valence-electron chi connectivity index (χ4n) is 6.53. The number of thiazole rings is 1. The zero-order valence-corrected chi connectivity index (χ0v) is 30.7. The predicted octanol–water partition coefficient (Wildman–Crippen LogP) is 9.61. The minimum atomic E-state index is -1.29. The Bertz CT molecular complexity index is 1980. The molecule has 1 N–H and O–H groups in total. The van der Waals surface area contributed by atoms with Crippen molar-refractivity contribution in [2.75, 3.05) is 0 Å². The van der Waals surface area contributed by atoms with Gasteiger partial charge in [0.15, 0.2) is 0 Å². The van der Waals surface area contributed by atoms with E-state index in [1.807, 2.05) is 121 Å². The molecule has 0 bridgehead atoms. The van der Waals surface area contributed by atoms with Crippen LogP contribution < -0.4 is 0 Å². The molecule has 5 atom stereocenters. The molecule has 7 rings (SSSR count). The monoisotopic (exact) mass is 735 g/mol. The van der Waals surface area contributed by atoms with Gasteiger partial charge in [-0.1, -0.05) is 115 Å². The lowest BCUT2D eigenvalue weighted by Gasteiger charge is -2.49. The molecular formula is C43H42ClNO6S. The molecule has 2 aromatic heterocycles. The number of benzene rings is 4. The van der Waals surface area contributed by atoms with Crippen molar-refractivity contribution in [3.8, 4) is 10.6 Å². The first-order valence-electron chi connectivity index (χ1n) is 17.4. The number of aromatic nitrogens is 1. The molecule has 7 nitrogen and oxygen atoms in total. The van der Waals surface area contributed by atoms with Gasteiger partial charge in [-0.3, -0.25) is 0 Å². The summed E-state index contributed by atoms with van der Waals surface area (Å²) in [7, 11) is 0. The Morgan fingerprint density at radius 2 is 1.31 bits per heavy atom. The molecule has 52 heavy (non-hydrogen) atoms. The van der Waals surface area contributed by atoms with E-state index < -0.39 is 36.1 Å². The largest absolute Gasteiger partial charge is 0.463 e. The van der Waals surface area contributed by atoms with Crippen molar-refractivity contribution in [1.29, 1.82) is 0 Å². The molecule has 4 aromatic carbocycles. The summed E-state index contributed by atoms with van der Waals surface area (Å²) in [6.07, 6.45) is 0.668. The van der Waals surface area contributed by atoms with Crippen LogP contribution in [0, 0.1) is 0 Å². The summed E-state index contributed by atoms with van der Waals surface area (Å²) >= 11 is 8.41. The van der Waals surface area contributed by atoms with Crippen molar-refractivity contribution in [2.24, 2.45) is 0 Å². The third-order valence-corrected chi connectivity index (χ3v) is 10.5. The van der Waals surface area contributed by atoms with Crippen LogP contribution in [0.4, 0.5) is 0 Å². The zero-order chi connectivity index (χ0) is 35.9. The SMILES string of the molecule is CC(C)(O)C1OC(c2ccc(Cl)c(Cc3ncc(-c4ccco4)s3)c2)C(OCc2ccccc2)C(OCc2ccccc2)C1OCc1ccccc1. The molecule has 6 aromatic rings. The standard InChI is InChI=1S/C43H42ClNO6S/c1-43(2,46)42-41(50-28-31-17-10-5-11-18-31)40(49-27-30-15-8-4-9-16-30)39(48-26-29-13-6-3-7-14-29)38(51-42)32-20-21-34(44)33(23-32)24-37-45-25-36(52-37)35-19-12-22-47-35/h3-23,25,38-42,46H,24,26-28H2,1-2H3. The van der Waals surface area contributed by atoms with Crippen LogP contribution in [0.3, 0.4) is 0 Å². The van der Waals surface area contributed by atoms with E-state index in [4.69, 9.17) is 35.0 Å². The summed E-state index contributed by atoms with van der Waals surface area (Å²) in [6, 6.07) is 39.8. The number of rotatable bonds is 14. The van der Waals surface area contributed by atoms with Crippen LogP contribution in [-0.2, 0) is 45.2 Å². The van der Waals surface area contributed by atoms with Crippen LogP contribution in [0.1, 0.15) is 52.8 Å². The van der Waals surface area contributed by atoms with Gasteiger partial charge in [-0.15, -0.1) is 11.3 Å². The van der Waals surface area contributed by atoms with Crippen LogP contribution in [0.5, 0.6) is 0 Å². The second kappa shape index (κ2) is 16.7. The van der Waals surface area contributed by atoms with Crippen molar-refractivity contribution < 1.29 is 28.5 Å². The maximum absolute atomic E-state index is 11.7. The zero-order valence-electron chi connectivity index (χ0n) is 29.1. The quantitative estimate of drug-likeness (QED) is 0.119. The molecule has 0 radical (unpaired) electrons. The predicted molar refractivity (Wildman–Crippen MR) is 203 cm³/mol. The third kappa shape index (κ3) is 8.90. The van der Waals surface area contributed by atoms with E-state index in [0.717, 1.165) is 43.5 Å². The Kier molecular flexibility index (Phi) is 11.6. The molecule has 9 heteroatoms. The molecule has 0 spiro atoms. The van der Waals surface area contributed by atoms with Crippen molar-refractivity contribution in [2.45, 2.75) is 76.2 Å². The van der Waals surface area contributed by atoms with Gasteiger partial charge in [0.1, 0.15) is 36.3 Å². The summed E-state index contributed by atoms with van der Waals surface area (Å²) in [5.41, 5.74) is 3.49. The third-order valence-electron chi connectivity index (χ3n) is 9.15. The molecule has 1 saturated heterocycles. The fourth-order valence-corrected chi connectivity index (χ4v) is 7.62. The number of nitrogens with zero attached hydrogens (tertiary/aromatic N) is 1. The number of ether oxygens (including phenoxy) is 4. The molecule has 0 aliphatic carbocycles. The van der Waals surface area contributed by atoms with Gasteiger partial charge in [-0.25, -0.2) is 4.98 Å². The lowest BCUT2D eigenvalue weighted by Crippen LogP contribution is -2.62. The number of hydrogen-bond donors (Lipinski definition) is 1. The molecule has 1 aliphatic rings. The van der Waals surface area contributed by atoms with E-state index in [1.165, 1.54) is 0 Å². The highest BCUT2D eigenvalue weighted by atomic mass is 35.5. The van der Waals surface area contributed by atoms with Crippen molar-refractivity contribution >= 4 is 22.9 Å². The van der Waals surface area contributed by atoms with Crippen LogP contribution in [0.25, 0.3) is 10.6 Å². The van der Waals surface area contributed by atoms with Crippen LogP contribution in [-0.4, -0.2) is 40.1 Å². The highest BCUT2D eigenvalue weighted by molar-refractivity contribution is 7.15. The van der Waals surface area contributed by atoms with Gasteiger partial charge < -0.3 is 28.5 Å². The summed E-state index contributed by atoms with van der Waals surface area (Å²) in [6.45, 7) is 4.45. The Morgan fingerprint density at radius 3 is 1.87 bits per heavy atom. The van der Waals surface area contributed by atoms with E-state index in [1.54, 1.807) is 31.4 Å². The first kappa shape index (κ1) is 36.2. The molecule has 0 amide bonds. The minimum absolute atomic E-state index is 0.307. The highest BCUT2D eigenvalue weighted by Gasteiger charge is 2.53. The molecular weight excluding hydrogens is 694 g/mol. The van der Waals surface area contributed by atoms with Gasteiger partial charge in [0, 0.05) is 17.6 Å². The molecule has 1 fully saturated rings. The Labute approximate surface area is 313 Å². The van der Waals surface area contributed by atoms with Crippen molar-refractivity contribution in [3.05, 3.63) is 172 Å². The Morgan fingerprint density at radius 1 is 0.731 bits per heavy atom. The number of furan rings is 1. The van der Waals surface area contributed by atoms with Gasteiger partial charge in [0.25, 0.3) is 0 Å². The summed E-state index contributed by atoms with van der Waals surface area (Å²) in [5, 5.41) is 13.2. The second-order valence-corrected chi connectivity index (χ2v) is 15.1. The smallest absolute Gasteiger partial charge is 0.145 e. The summed E-state index contributed by atoms with van der Waals surface area (Å²) in [5.74, 6) is 0.779. The van der Waals surface area contributed by atoms with Gasteiger partial charge in [0.05, 0.1) is 41.6 Å². The summed E-state index contributed by atoms with van der Waals surface area (Å²) in [4.78, 5) is 5.62. The highest BCUT2D eigenvalue weighted by Crippen LogP contribution is 2.42. The van der Waals surface area contributed by atoms with Crippen molar-refractivity contribution in [1.82, 2.24) is 4.98 Å². The molecule has 268 valence electrons. The van der Waals surface area contributed by atoms with Gasteiger partial charge in [0.2, 0.25) is 0 Å². The number of halogens is 1. The number of hydrogen-bond acceptors (Lipinski definition) is 8. The maximum Gasteiger partial charge on any atom is 0.145 e. The van der Waals surface area contributed by atoms with E-state index in [9.17, 15) is 5.11 Å². The average molecular weight is 736 g/mol. The van der Waals surface area contributed by atoms with E-state index >= 15 is 0 Å². The van der Waals surface area contributed by atoms with Crippen LogP contribution in [0.15, 0.2) is 138 Å². The topological polar surface area (TPSA) is 83.2 Å². The average Bonchev–Trinajstić information content (AvgIpc) is 3.87.